The fourth-order valence-electron chi connectivity index (χ4n) is 0.987. The molecule has 0 saturated carbocycles. The van der Waals surface area contributed by atoms with Gasteiger partial charge < -0.3 is 5.11 Å². The van der Waals surface area contributed by atoms with Crippen molar-refractivity contribution in [2.75, 3.05) is 0 Å². The molecule has 1 aromatic rings. The van der Waals surface area contributed by atoms with E-state index in [0.29, 0.717) is 0 Å². The van der Waals surface area contributed by atoms with Gasteiger partial charge in [0.15, 0.2) is 5.69 Å². The Labute approximate surface area is 96.2 Å². The molecule has 0 spiro atoms. The summed E-state index contributed by atoms with van der Waals surface area (Å²) in [6, 6.07) is 0. The molecule has 8 heteroatoms. The average Bonchev–Trinajstić information content (AvgIpc) is 2.30. The molecule has 0 radical (unpaired) electrons. The predicted molar refractivity (Wildman–Crippen MR) is 52.3 cm³/mol. The number of nitrogens with zero attached hydrogens (tertiary/aromatic N) is 2. The van der Waals surface area contributed by atoms with Gasteiger partial charge in [0.25, 0.3) is 0 Å². The Hall–Kier alpha value is -0.800. The molecule has 0 fully saturated rings. The maximum atomic E-state index is 12.4. The van der Waals surface area contributed by atoms with Crippen LogP contribution < -0.4 is 0 Å². The highest BCUT2D eigenvalue weighted by molar-refractivity contribution is 14.1. The van der Waals surface area contributed by atoms with E-state index in [2.05, 4.69) is 5.10 Å². The highest BCUT2D eigenvalue weighted by Gasteiger charge is 2.37. The summed E-state index contributed by atoms with van der Waals surface area (Å²) in [5.41, 5.74) is -0.841. The van der Waals surface area contributed by atoms with Crippen LogP contribution in [0, 0.1) is 10.5 Å². The van der Waals surface area contributed by atoms with Crippen LogP contribution >= 0.6 is 22.6 Å². The normalized spacial score (nSPS) is 11.8. The first-order chi connectivity index (χ1) is 6.73. The Kier molecular flexibility index (Phi) is 3.26. The summed E-state index contributed by atoms with van der Waals surface area (Å²) in [5, 5.41) is 11.7. The lowest BCUT2D eigenvalue weighted by molar-refractivity contribution is -0.143. The van der Waals surface area contributed by atoms with E-state index in [0.717, 1.165) is 4.68 Å². The van der Waals surface area contributed by atoms with Crippen LogP contribution in [0.2, 0.25) is 0 Å². The van der Waals surface area contributed by atoms with Crippen LogP contribution in [0.25, 0.3) is 0 Å². The van der Waals surface area contributed by atoms with Gasteiger partial charge in [0.1, 0.15) is 6.54 Å². The van der Waals surface area contributed by atoms with Crippen molar-refractivity contribution in [3.8, 4) is 0 Å². The van der Waals surface area contributed by atoms with Gasteiger partial charge in [-0.15, -0.1) is 0 Å². The number of aromatic nitrogens is 2. The van der Waals surface area contributed by atoms with Crippen LogP contribution in [0.3, 0.4) is 0 Å². The fraction of sp³-hybridized carbons (Fsp3) is 0.429. The fourth-order valence-corrected chi connectivity index (χ4v) is 1.68. The van der Waals surface area contributed by atoms with E-state index in [1.54, 1.807) is 0 Å². The van der Waals surface area contributed by atoms with Crippen molar-refractivity contribution in [3.63, 3.8) is 0 Å². The minimum Gasteiger partial charge on any atom is -0.480 e. The maximum Gasteiger partial charge on any atom is 0.436 e. The molecule has 4 nitrogen and oxygen atoms in total. The summed E-state index contributed by atoms with van der Waals surface area (Å²) < 4.78 is 37.8. The van der Waals surface area contributed by atoms with E-state index in [1.165, 1.54) is 29.5 Å². The van der Waals surface area contributed by atoms with Crippen LogP contribution in [0.1, 0.15) is 11.4 Å². The van der Waals surface area contributed by atoms with Crippen molar-refractivity contribution >= 4 is 28.6 Å². The summed E-state index contributed by atoms with van der Waals surface area (Å²) >= 11 is 1.50. The number of rotatable bonds is 2. The second kappa shape index (κ2) is 3.99. The lowest BCUT2D eigenvalue weighted by Crippen LogP contribution is -2.13. The first-order valence-corrected chi connectivity index (χ1v) is 4.83. The van der Waals surface area contributed by atoms with Gasteiger partial charge in [-0.05, 0) is 29.5 Å². The van der Waals surface area contributed by atoms with Crippen molar-refractivity contribution in [1.29, 1.82) is 0 Å². The Morgan fingerprint density at radius 3 is 2.47 bits per heavy atom. The second-order valence-corrected chi connectivity index (χ2v) is 3.88. The van der Waals surface area contributed by atoms with E-state index >= 15 is 0 Å². The summed E-state index contributed by atoms with van der Waals surface area (Å²) in [6.07, 6.45) is -4.55. The number of halogens is 4. The van der Waals surface area contributed by atoms with Gasteiger partial charge in [0.2, 0.25) is 0 Å². The number of alkyl halides is 3. The lowest BCUT2D eigenvalue weighted by atomic mass is 10.3. The molecule has 15 heavy (non-hydrogen) atoms. The lowest BCUT2D eigenvalue weighted by Gasteiger charge is -2.01. The van der Waals surface area contributed by atoms with E-state index in [1.807, 2.05) is 0 Å². The molecule has 0 aliphatic carbocycles. The minimum absolute atomic E-state index is 0.0682. The smallest absolute Gasteiger partial charge is 0.436 e. The van der Waals surface area contributed by atoms with Gasteiger partial charge in [-0.2, -0.15) is 18.3 Å². The monoisotopic (exact) mass is 334 g/mol. The zero-order valence-electron chi connectivity index (χ0n) is 7.47. The average molecular weight is 334 g/mol. The molecule has 1 heterocycles. The molecular weight excluding hydrogens is 328 g/mol. The van der Waals surface area contributed by atoms with E-state index in [-0.39, 0.29) is 9.26 Å². The SMILES string of the molecule is Cc1c(I)c(C(F)(F)F)nn1CC(=O)O. The Balaban J connectivity index is 3.18. The molecule has 0 aliphatic heterocycles. The third-order valence-electron chi connectivity index (χ3n) is 1.69. The number of carboxylic acid groups (broad SMARTS) is 1. The van der Waals surface area contributed by atoms with E-state index < -0.39 is 24.4 Å². The molecule has 1 rings (SSSR count). The molecule has 0 aromatic carbocycles. The van der Waals surface area contributed by atoms with Gasteiger partial charge >= 0.3 is 12.1 Å². The van der Waals surface area contributed by atoms with Gasteiger partial charge in [-0.3, -0.25) is 9.48 Å². The number of aliphatic carboxylic acids is 1. The summed E-state index contributed by atoms with van der Waals surface area (Å²) in [5.74, 6) is -1.23. The van der Waals surface area contributed by atoms with Crippen molar-refractivity contribution < 1.29 is 23.1 Å². The molecular formula is C7H6F3IN2O2. The second-order valence-electron chi connectivity index (χ2n) is 2.80. The van der Waals surface area contributed by atoms with Gasteiger partial charge in [0.05, 0.1) is 3.57 Å². The van der Waals surface area contributed by atoms with Crippen LogP contribution in [0.4, 0.5) is 13.2 Å². The Morgan fingerprint density at radius 1 is 1.60 bits per heavy atom. The zero-order valence-corrected chi connectivity index (χ0v) is 9.63. The van der Waals surface area contributed by atoms with E-state index in [4.69, 9.17) is 5.11 Å². The minimum atomic E-state index is -4.55. The van der Waals surface area contributed by atoms with Gasteiger partial charge in [-0.25, -0.2) is 0 Å². The molecule has 0 amide bonds. The molecule has 1 aromatic heterocycles. The van der Waals surface area contributed by atoms with Crippen LogP contribution in [-0.4, -0.2) is 20.9 Å². The summed E-state index contributed by atoms with van der Waals surface area (Å²) in [6.45, 7) is 0.824. The zero-order chi connectivity index (χ0) is 11.8. The van der Waals surface area contributed by atoms with Crippen LogP contribution in [-0.2, 0) is 17.5 Å². The van der Waals surface area contributed by atoms with Crippen molar-refractivity contribution in [2.24, 2.45) is 0 Å². The first kappa shape index (κ1) is 12.3. The highest BCUT2D eigenvalue weighted by Crippen LogP contribution is 2.32. The van der Waals surface area contributed by atoms with Crippen molar-refractivity contribution in [2.45, 2.75) is 19.6 Å². The molecule has 84 valence electrons. The largest absolute Gasteiger partial charge is 0.480 e. The molecule has 0 saturated heterocycles. The van der Waals surface area contributed by atoms with Gasteiger partial charge in [-0.1, -0.05) is 0 Å². The summed E-state index contributed by atoms with van der Waals surface area (Å²) in [4.78, 5) is 10.3. The van der Waals surface area contributed by atoms with Crippen LogP contribution in [0.15, 0.2) is 0 Å². The number of carboxylic acids is 1. The van der Waals surface area contributed by atoms with Crippen molar-refractivity contribution in [3.05, 3.63) is 15.0 Å². The molecule has 0 bridgehead atoms. The topological polar surface area (TPSA) is 55.1 Å². The number of hydrogen-bond donors (Lipinski definition) is 1. The molecule has 0 unspecified atom stereocenters. The standard InChI is InChI=1S/C7H6F3IN2O2/c1-3-5(11)6(7(8,9)10)12-13(3)2-4(14)15/h2H2,1H3,(H,14,15). The Morgan fingerprint density at radius 2 is 2.13 bits per heavy atom. The number of hydrogen-bond acceptors (Lipinski definition) is 2. The van der Waals surface area contributed by atoms with Crippen LogP contribution in [0.5, 0.6) is 0 Å². The van der Waals surface area contributed by atoms with E-state index in [9.17, 15) is 18.0 Å². The predicted octanol–water partition coefficient (Wildman–Crippen LogP) is 1.90. The van der Waals surface area contributed by atoms with Gasteiger partial charge in [0, 0.05) is 5.69 Å². The third-order valence-corrected chi connectivity index (χ3v) is 2.98. The first-order valence-electron chi connectivity index (χ1n) is 3.75. The Bertz CT molecular complexity index is 400. The summed E-state index contributed by atoms with van der Waals surface area (Å²) in [7, 11) is 0. The van der Waals surface area contributed by atoms with Crippen molar-refractivity contribution in [1.82, 2.24) is 9.78 Å². The molecule has 0 aliphatic rings. The quantitative estimate of drug-likeness (QED) is 0.841. The third kappa shape index (κ3) is 2.61. The number of carbonyl (C=O) groups is 1. The molecule has 0 atom stereocenters. The maximum absolute atomic E-state index is 12.4. The highest BCUT2D eigenvalue weighted by atomic mass is 127. The molecule has 1 N–H and O–H groups in total.